The van der Waals surface area contributed by atoms with Gasteiger partial charge in [-0.05, 0) is 30.4 Å². The number of hydrogen-bond acceptors (Lipinski definition) is 4. The third kappa shape index (κ3) is 3.49. The molecule has 0 aromatic carbocycles. The standard InChI is InChI=1S/C14H14F3N5O/c15-14(16,17)13-19-11(20-21-13)12(23)22-5-3-10(8-22)6-9-2-1-4-18-7-9/h1-2,4,7,10H,3,5-6,8H2,(H,19,20,21). The summed E-state index contributed by atoms with van der Waals surface area (Å²) in [4.78, 5) is 21.0. The van der Waals surface area contributed by atoms with Gasteiger partial charge in [0.05, 0.1) is 0 Å². The van der Waals surface area contributed by atoms with Crippen LogP contribution < -0.4 is 0 Å². The Morgan fingerprint density at radius 2 is 2.26 bits per heavy atom. The van der Waals surface area contributed by atoms with Gasteiger partial charge in [-0.2, -0.15) is 18.2 Å². The molecular weight excluding hydrogens is 311 g/mol. The lowest BCUT2D eigenvalue weighted by Gasteiger charge is -2.14. The average molecular weight is 325 g/mol. The smallest absolute Gasteiger partial charge is 0.336 e. The molecule has 1 atom stereocenters. The van der Waals surface area contributed by atoms with Gasteiger partial charge in [0.15, 0.2) is 0 Å². The van der Waals surface area contributed by atoms with Gasteiger partial charge in [-0.15, -0.1) is 5.10 Å². The molecule has 0 spiro atoms. The van der Waals surface area contributed by atoms with Gasteiger partial charge in [-0.3, -0.25) is 14.9 Å². The van der Waals surface area contributed by atoms with E-state index >= 15 is 0 Å². The zero-order valence-corrected chi connectivity index (χ0v) is 12.0. The van der Waals surface area contributed by atoms with Gasteiger partial charge >= 0.3 is 6.18 Å². The molecule has 0 saturated carbocycles. The lowest BCUT2D eigenvalue weighted by Crippen LogP contribution is -2.30. The summed E-state index contributed by atoms with van der Waals surface area (Å²) in [6.45, 7) is 0.962. The molecule has 2 aromatic rings. The first kappa shape index (κ1) is 15.4. The molecule has 9 heteroatoms. The summed E-state index contributed by atoms with van der Waals surface area (Å²) in [5.74, 6) is -2.03. The van der Waals surface area contributed by atoms with Gasteiger partial charge in [-0.25, -0.2) is 0 Å². The van der Waals surface area contributed by atoms with E-state index in [0.717, 1.165) is 18.4 Å². The van der Waals surface area contributed by atoms with Crippen molar-refractivity contribution >= 4 is 5.91 Å². The SMILES string of the molecule is O=C(c1n[nH]c(C(F)(F)F)n1)N1CCC(Cc2cccnc2)C1. The summed E-state index contributed by atoms with van der Waals surface area (Å²) in [5, 5.41) is 5.14. The van der Waals surface area contributed by atoms with Crippen LogP contribution in [0.1, 0.15) is 28.4 Å². The van der Waals surface area contributed by atoms with Crippen LogP contribution >= 0.6 is 0 Å². The normalized spacial score (nSPS) is 18.4. The number of pyridine rings is 1. The second-order valence-corrected chi connectivity index (χ2v) is 5.48. The lowest BCUT2D eigenvalue weighted by molar-refractivity contribution is -0.144. The monoisotopic (exact) mass is 325 g/mol. The molecule has 2 aromatic heterocycles. The summed E-state index contributed by atoms with van der Waals surface area (Å²) in [5.41, 5.74) is 1.07. The van der Waals surface area contributed by atoms with Crippen LogP contribution in [0.5, 0.6) is 0 Å². The van der Waals surface area contributed by atoms with E-state index in [0.29, 0.717) is 13.1 Å². The molecule has 1 N–H and O–H groups in total. The summed E-state index contributed by atoms with van der Waals surface area (Å²) in [7, 11) is 0. The summed E-state index contributed by atoms with van der Waals surface area (Å²) < 4.78 is 37.4. The Morgan fingerprint density at radius 3 is 2.91 bits per heavy atom. The van der Waals surface area contributed by atoms with Gasteiger partial charge in [0, 0.05) is 25.5 Å². The first-order valence-electron chi connectivity index (χ1n) is 7.11. The zero-order valence-electron chi connectivity index (χ0n) is 12.0. The number of nitrogens with one attached hydrogen (secondary N) is 1. The van der Waals surface area contributed by atoms with E-state index < -0.39 is 23.7 Å². The van der Waals surface area contributed by atoms with Crippen LogP contribution in [0.25, 0.3) is 0 Å². The Hall–Kier alpha value is -2.45. The number of aromatic amines is 1. The topological polar surface area (TPSA) is 74.8 Å². The van der Waals surface area contributed by atoms with Crippen molar-refractivity contribution in [2.45, 2.75) is 19.0 Å². The predicted molar refractivity (Wildman–Crippen MR) is 73.3 cm³/mol. The van der Waals surface area contributed by atoms with Crippen LogP contribution in [0.4, 0.5) is 13.2 Å². The fourth-order valence-electron chi connectivity index (χ4n) is 2.66. The Kier molecular flexibility index (Phi) is 4.01. The number of aromatic nitrogens is 4. The van der Waals surface area contributed by atoms with E-state index in [9.17, 15) is 18.0 Å². The Labute approximate surface area is 129 Å². The number of H-pyrrole nitrogens is 1. The highest BCUT2D eigenvalue weighted by atomic mass is 19.4. The van der Waals surface area contributed by atoms with Crippen LogP contribution in [0.15, 0.2) is 24.5 Å². The molecule has 6 nitrogen and oxygen atoms in total. The molecule has 3 heterocycles. The molecule has 1 aliphatic rings. The van der Waals surface area contributed by atoms with Crippen LogP contribution in [-0.2, 0) is 12.6 Å². The molecule has 122 valence electrons. The first-order chi connectivity index (χ1) is 10.9. The highest BCUT2D eigenvalue weighted by molar-refractivity contribution is 5.90. The molecule has 0 aliphatic carbocycles. The molecule has 1 aliphatic heterocycles. The minimum atomic E-state index is -4.64. The highest BCUT2D eigenvalue weighted by Crippen LogP contribution is 2.26. The zero-order chi connectivity index (χ0) is 16.4. The van der Waals surface area contributed by atoms with Crippen LogP contribution in [-0.4, -0.2) is 44.1 Å². The van der Waals surface area contributed by atoms with Gasteiger partial charge < -0.3 is 4.90 Å². The van der Waals surface area contributed by atoms with Crippen molar-refractivity contribution in [2.24, 2.45) is 5.92 Å². The van der Waals surface area contributed by atoms with Crippen molar-refractivity contribution in [2.75, 3.05) is 13.1 Å². The molecule has 0 radical (unpaired) electrons. The molecule has 0 bridgehead atoms. The lowest BCUT2D eigenvalue weighted by atomic mass is 10.0. The van der Waals surface area contributed by atoms with Gasteiger partial charge in [0.2, 0.25) is 11.6 Å². The number of amides is 1. The number of nitrogens with zero attached hydrogens (tertiary/aromatic N) is 4. The number of likely N-dealkylation sites (tertiary alicyclic amines) is 1. The molecule has 23 heavy (non-hydrogen) atoms. The van der Waals surface area contributed by atoms with Crippen LogP contribution in [0, 0.1) is 5.92 Å². The van der Waals surface area contributed by atoms with Crippen molar-refractivity contribution in [3.63, 3.8) is 0 Å². The second-order valence-electron chi connectivity index (χ2n) is 5.48. The first-order valence-corrected chi connectivity index (χ1v) is 7.11. The molecule has 1 unspecified atom stereocenters. The highest BCUT2D eigenvalue weighted by Gasteiger charge is 2.37. The number of halogens is 3. The van der Waals surface area contributed by atoms with E-state index in [1.807, 2.05) is 12.1 Å². The molecule has 3 rings (SSSR count). The van der Waals surface area contributed by atoms with Crippen molar-refractivity contribution in [1.82, 2.24) is 25.1 Å². The Balaban J connectivity index is 1.62. The third-order valence-electron chi connectivity index (χ3n) is 3.77. The van der Waals surface area contributed by atoms with Crippen molar-refractivity contribution in [3.05, 3.63) is 41.7 Å². The van der Waals surface area contributed by atoms with Crippen molar-refractivity contribution < 1.29 is 18.0 Å². The van der Waals surface area contributed by atoms with Crippen LogP contribution in [0.3, 0.4) is 0 Å². The molecule has 1 amide bonds. The summed E-state index contributed by atoms with van der Waals surface area (Å²) >= 11 is 0. The second kappa shape index (κ2) is 5.98. The number of carbonyl (C=O) groups is 1. The fraction of sp³-hybridized carbons (Fsp3) is 0.429. The number of alkyl halides is 3. The molecular formula is C14H14F3N5O. The quantitative estimate of drug-likeness (QED) is 0.935. The average Bonchev–Trinajstić information content (AvgIpc) is 3.16. The largest absolute Gasteiger partial charge is 0.451 e. The molecule has 1 saturated heterocycles. The number of hydrogen-bond donors (Lipinski definition) is 1. The van der Waals surface area contributed by atoms with E-state index in [2.05, 4.69) is 15.1 Å². The Bertz CT molecular complexity index is 685. The van der Waals surface area contributed by atoms with E-state index in [1.54, 1.807) is 17.5 Å². The van der Waals surface area contributed by atoms with Crippen LogP contribution in [0.2, 0.25) is 0 Å². The van der Waals surface area contributed by atoms with E-state index in [4.69, 9.17) is 0 Å². The maximum absolute atomic E-state index is 12.5. The minimum Gasteiger partial charge on any atom is -0.336 e. The van der Waals surface area contributed by atoms with E-state index in [-0.39, 0.29) is 5.92 Å². The molecule has 1 fully saturated rings. The van der Waals surface area contributed by atoms with Crippen molar-refractivity contribution in [3.8, 4) is 0 Å². The number of carbonyl (C=O) groups excluding carboxylic acids is 1. The van der Waals surface area contributed by atoms with Crippen molar-refractivity contribution in [1.29, 1.82) is 0 Å². The van der Waals surface area contributed by atoms with Gasteiger partial charge in [0.25, 0.3) is 5.91 Å². The Morgan fingerprint density at radius 1 is 1.43 bits per heavy atom. The minimum absolute atomic E-state index is 0.254. The van der Waals surface area contributed by atoms with E-state index in [1.165, 1.54) is 4.90 Å². The fourth-order valence-corrected chi connectivity index (χ4v) is 2.66. The maximum atomic E-state index is 12.5. The predicted octanol–water partition coefficient (Wildman–Crippen LogP) is 1.92. The van der Waals surface area contributed by atoms with Gasteiger partial charge in [-0.1, -0.05) is 6.07 Å². The number of rotatable bonds is 3. The van der Waals surface area contributed by atoms with Gasteiger partial charge in [0.1, 0.15) is 0 Å². The third-order valence-corrected chi connectivity index (χ3v) is 3.77. The summed E-state index contributed by atoms with van der Waals surface area (Å²) in [6, 6.07) is 3.81. The summed E-state index contributed by atoms with van der Waals surface area (Å²) in [6.07, 6.45) is 0.390. The maximum Gasteiger partial charge on any atom is 0.451 e.